The van der Waals surface area contributed by atoms with Gasteiger partial charge < -0.3 is 9.73 Å². The highest BCUT2D eigenvalue weighted by Crippen LogP contribution is 2.27. The molecular formula is C15H22N2O2. The molecule has 4 heteroatoms. The maximum Gasteiger partial charge on any atom is 0.419 e. The molecule has 2 unspecified atom stereocenters. The first kappa shape index (κ1) is 13.9. The van der Waals surface area contributed by atoms with Crippen LogP contribution >= 0.6 is 0 Å². The van der Waals surface area contributed by atoms with Crippen LogP contribution in [0.25, 0.3) is 11.1 Å². The number of rotatable bonds is 5. The van der Waals surface area contributed by atoms with Crippen molar-refractivity contribution in [1.82, 2.24) is 9.88 Å². The van der Waals surface area contributed by atoms with Gasteiger partial charge in [0.25, 0.3) is 0 Å². The average molecular weight is 262 g/mol. The van der Waals surface area contributed by atoms with Crippen molar-refractivity contribution >= 4 is 11.1 Å². The lowest BCUT2D eigenvalue weighted by molar-refractivity contribution is 0.384. The minimum atomic E-state index is -0.310. The van der Waals surface area contributed by atoms with Crippen molar-refractivity contribution in [3.05, 3.63) is 34.3 Å². The third kappa shape index (κ3) is 2.59. The molecule has 0 saturated heterocycles. The molecule has 0 aliphatic heterocycles. The lowest BCUT2D eigenvalue weighted by Gasteiger charge is -2.23. The minimum Gasteiger partial charge on any atom is -0.408 e. The second kappa shape index (κ2) is 5.61. The molecular weight excluding hydrogens is 240 g/mol. The summed E-state index contributed by atoms with van der Waals surface area (Å²) in [5.41, 5.74) is 2.67. The van der Waals surface area contributed by atoms with Gasteiger partial charge in [0.2, 0.25) is 0 Å². The van der Waals surface area contributed by atoms with E-state index in [1.807, 2.05) is 19.2 Å². The first-order valence-corrected chi connectivity index (χ1v) is 6.85. The number of hydrogen-bond acceptors (Lipinski definition) is 3. The van der Waals surface area contributed by atoms with Crippen molar-refractivity contribution in [3.8, 4) is 0 Å². The molecule has 2 rings (SSSR count). The molecule has 19 heavy (non-hydrogen) atoms. The molecule has 0 aliphatic rings. The van der Waals surface area contributed by atoms with Crippen molar-refractivity contribution in [2.45, 2.75) is 32.7 Å². The van der Waals surface area contributed by atoms with Gasteiger partial charge in [-0.05, 0) is 37.1 Å². The van der Waals surface area contributed by atoms with E-state index in [0.29, 0.717) is 11.5 Å². The number of oxazole rings is 1. The summed E-state index contributed by atoms with van der Waals surface area (Å²) in [7, 11) is 3.70. The number of hydrogen-bond donors (Lipinski definition) is 1. The molecule has 0 bridgehead atoms. The number of nitrogens with one attached hydrogen (secondary N) is 1. The Morgan fingerprint density at radius 1 is 1.42 bits per heavy atom. The first-order chi connectivity index (χ1) is 9.08. The number of aromatic nitrogens is 1. The van der Waals surface area contributed by atoms with Crippen LogP contribution in [0, 0.1) is 5.92 Å². The summed E-state index contributed by atoms with van der Waals surface area (Å²) in [6, 6.07) is 6.29. The molecule has 0 aliphatic carbocycles. The highest BCUT2D eigenvalue weighted by Gasteiger charge is 2.18. The third-order valence-electron chi connectivity index (χ3n) is 3.80. The van der Waals surface area contributed by atoms with Gasteiger partial charge in [0.1, 0.15) is 0 Å². The average Bonchev–Trinajstić information content (AvgIpc) is 2.66. The topological polar surface area (TPSA) is 47.2 Å². The van der Waals surface area contributed by atoms with E-state index in [-0.39, 0.29) is 11.8 Å². The fourth-order valence-corrected chi connectivity index (χ4v) is 2.75. The zero-order valence-corrected chi connectivity index (χ0v) is 12.1. The van der Waals surface area contributed by atoms with Gasteiger partial charge >= 0.3 is 5.76 Å². The molecule has 104 valence electrons. The molecule has 0 saturated carbocycles. The highest BCUT2D eigenvalue weighted by atomic mass is 16.4. The van der Waals surface area contributed by atoms with E-state index < -0.39 is 0 Å². The van der Waals surface area contributed by atoms with Crippen LogP contribution in [-0.4, -0.2) is 11.6 Å². The van der Waals surface area contributed by atoms with Gasteiger partial charge in [0, 0.05) is 13.1 Å². The van der Waals surface area contributed by atoms with Crippen molar-refractivity contribution < 1.29 is 4.42 Å². The normalized spacial score (nSPS) is 14.7. The zero-order chi connectivity index (χ0) is 14.0. The van der Waals surface area contributed by atoms with Crippen LogP contribution < -0.4 is 11.1 Å². The standard InChI is InChI=1S/C15H22N2O2/c1-5-6-10(2)14(16-3)11-7-8-12-13(9-11)19-15(18)17(12)4/h7-10,14,16H,5-6H2,1-4H3. The Hall–Kier alpha value is -1.55. The van der Waals surface area contributed by atoms with Gasteiger partial charge in [0.05, 0.1) is 5.52 Å². The second-order valence-corrected chi connectivity index (χ2v) is 5.19. The number of fused-ring (bicyclic) bond motifs is 1. The fraction of sp³-hybridized carbons (Fsp3) is 0.533. The van der Waals surface area contributed by atoms with Crippen LogP contribution in [0.5, 0.6) is 0 Å². The summed E-state index contributed by atoms with van der Waals surface area (Å²) in [4.78, 5) is 11.5. The van der Waals surface area contributed by atoms with Crippen LogP contribution in [0.15, 0.2) is 27.4 Å². The van der Waals surface area contributed by atoms with E-state index >= 15 is 0 Å². The highest BCUT2D eigenvalue weighted by molar-refractivity contribution is 5.73. The Morgan fingerprint density at radius 2 is 2.16 bits per heavy atom. The second-order valence-electron chi connectivity index (χ2n) is 5.19. The summed E-state index contributed by atoms with van der Waals surface area (Å²) in [5, 5.41) is 3.36. The predicted octanol–water partition coefficient (Wildman–Crippen LogP) is 2.83. The largest absolute Gasteiger partial charge is 0.419 e. The molecule has 1 N–H and O–H groups in total. The first-order valence-electron chi connectivity index (χ1n) is 6.85. The Morgan fingerprint density at radius 3 is 2.79 bits per heavy atom. The number of aryl methyl sites for hydroxylation is 1. The molecule has 0 amide bonds. The van der Waals surface area contributed by atoms with E-state index in [1.165, 1.54) is 23.0 Å². The molecule has 0 radical (unpaired) electrons. The molecule has 1 aromatic heterocycles. The van der Waals surface area contributed by atoms with Crippen molar-refractivity contribution in [2.24, 2.45) is 13.0 Å². The van der Waals surface area contributed by atoms with Gasteiger partial charge in [-0.25, -0.2) is 4.79 Å². The smallest absolute Gasteiger partial charge is 0.408 e. The Kier molecular flexibility index (Phi) is 4.10. The fourth-order valence-electron chi connectivity index (χ4n) is 2.75. The number of benzene rings is 1. The van der Waals surface area contributed by atoms with Crippen LogP contribution in [0.4, 0.5) is 0 Å². The van der Waals surface area contributed by atoms with Gasteiger partial charge in [-0.2, -0.15) is 0 Å². The summed E-state index contributed by atoms with van der Waals surface area (Å²) in [6.45, 7) is 4.44. The van der Waals surface area contributed by atoms with E-state index in [0.717, 1.165) is 5.52 Å². The maximum atomic E-state index is 11.5. The predicted molar refractivity (Wildman–Crippen MR) is 77.3 cm³/mol. The molecule has 0 spiro atoms. The van der Waals surface area contributed by atoms with Gasteiger partial charge in [-0.3, -0.25) is 4.57 Å². The van der Waals surface area contributed by atoms with E-state index in [2.05, 4.69) is 25.2 Å². The quantitative estimate of drug-likeness (QED) is 0.901. The van der Waals surface area contributed by atoms with Crippen LogP contribution in [0.1, 0.15) is 38.3 Å². The lowest BCUT2D eigenvalue weighted by Crippen LogP contribution is -2.23. The Bertz CT molecular complexity index is 612. The van der Waals surface area contributed by atoms with Gasteiger partial charge in [-0.1, -0.05) is 26.3 Å². The van der Waals surface area contributed by atoms with Crippen molar-refractivity contribution in [1.29, 1.82) is 0 Å². The third-order valence-corrected chi connectivity index (χ3v) is 3.80. The Balaban J connectivity index is 2.41. The molecule has 1 aromatic carbocycles. The molecule has 0 fully saturated rings. The summed E-state index contributed by atoms with van der Waals surface area (Å²) in [6.07, 6.45) is 2.34. The van der Waals surface area contributed by atoms with E-state index in [1.54, 1.807) is 7.05 Å². The van der Waals surface area contributed by atoms with Crippen LogP contribution in [-0.2, 0) is 7.05 Å². The van der Waals surface area contributed by atoms with E-state index in [4.69, 9.17) is 4.42 Å². The summed E-state index contributed by atoms with van der Waals surface area (Å²) < 4.78 is 6.78. The van der Waals surface area contributed by atoms with Crippen LogP contribution in [0.3, 0.4) is 0 Å². The Labute approximate surface area is 113 Å². The molecule has 1 heterocycles. The van der Waals surface area contributed by atoms with Gasteiger partial charge in [0.15, 0.2) is 5.58 Å². The van der Waals surface area contributed by atoms with Crippen molar-refractivity contribution in [3.63, 3.8) is 0 Å². The van der Waals surface area contributed by atoms with Crippen molar-refractivity contribution in [2.75, 3.05) is 7.05 Å². The monoisotopic (exact) mass is 262 g/mol. The molecule has 2 aromatic rings. The molecule has 4 nitrogen and oxygen atoms in total. The molecule has 2 atom stereocenters. The van der Waals surface area contributed by atoms with Crippen LogP contribution in [0.2, 0.25) is 0 Å². The minimum absolute atomic E-state index is 0.287. The lowest BCUT2D eigenvalue weighted by atomic mass is 9.91. The summed E-state index contributed by atoms with van der Waals surface area (Å²) >= 11 is 0. The SMILES string of the molecule is CCCC(C)C(NC)c1ccc2c(c1)oc(=O)n2C. The number of nitrogens with zero attached hydrogens (tertiary/aromatic N) is 1. The summed E-state index contributed by atoms with van der Waals surface area (Å²) in [5.74, 6) is 0.234. The zero-order valence-electron chi connectivity index (χ0n) is 12.1. The van der Waals surface area contributed by atoms with E-state index in [9.17, 15) is 4.79 Å². The van der Waals surface area contributed by atoms with Gasteiger partial charge in [-0.15, -0.1) is 0 Å². The maximum absolute atomic E-state index is 11.5.